The lowest BCUT2D eigenvalue weighted by Crippen LogP contribution is -2.15. The van der Waals surface area contributed by atoms with Crippen molar-refractivity contribution in [1.82, 2.24) is 14.8 Å². The van der Waals surface area contributed by atoms with Crippen LogP contribution in [0.4, 0.5) is 10.1 Å². The van der Waals surface area contributed by atoms with Gasteiger partial charge < -0.3 is 14.6 Å². The molecule has 28 heavy (non-hydrogen) atoms. The first-order valence-electron chi connectivity index (χ1n) is 8.69. The van der Waals surface area contributed by atoms with Crippen molar-refractivity contribution in [3.05, 3.63) is 65.2 Å². The largest absolute Gasteiger partial charge is 0.486 e. The summed E-state index contributed by atoms with van der Waals surface area (Å²) in [5.41, 5.74) is 2.43. The molecular weight excluding hydrogens is 379 g/mol. The molecule has 1 amide bonds. The zero-order valence-electron chi connectivity index (χ0n) is 15.9. The third-order valence-electron chi connectivity index (χ3n) is 4.12. The third kappa shape index (κ3) is 5.10. The second-order valence-electron chi connectivity index (χ2n) is 6.36. The maximum Gasteiger partial charge on any atom is 0.234 e. The Bertz CT molecular complexity index is 973. The van der Waals surface area contributed by atoms with E-state index in [1.807, 2.05) is 45.2 Å². The molecule has 2 aromatic carbocycles. The summed E-state index contributed by atoms with van der Waals surface area (Å²) in [4.78, 5) is 12.2. The Balaban J connectivity index is 1.54. The van der Waals surface area contributed by atoms with E-state index in [4.69, 9.17) is 4.74 Å². The number of ether oxygens (including phenoxy) is 1. The number of carbonyl (C=O) groups excluding carboxylic acids is 1. The van der Waals surface area contributed by atoms with Gasteiger partial charge in [-0.15, -0.1) is 10.2 Å². The van der Waals surface area contributed by atoms with Crippen molar-refractivity contribution in [2.45, 2.75) is 25.6 Å². The molecule has 6 nitrogen and oxygen atoms in total. The van der Waals surface area contributed by atoms with Crippen molar-refractivity contribution in [1.29, 1.82) is 0 Å². The van der Waals surface area contributed by atoms with Crippen molar-refractivity contribution >= 4 is 23.4 Å². The molecule has 0 saturated heterocycles. The molecule has 0 aliphatic rings. The molecule has 0 saturated carbocycles. The lowest BCUT2D eigenvalue weighted by atomic mass is 10.2. The first-order valence-corrected chi connectivity index (χ1v) is 9.67. The van der Waals surface area contributed by atoms with Crippen LogP contribution in [0.3, 0.4) is 0 Å². The number of rotatable bonds is 7. The number of thioether (sulfide) groups is 1. The molecule has 0 unspecified atom stereocenters. The lowest BCUT2D eigenvalue weighted by molar-refractivity contribution is -0.113. The van der Waals surface area contributed by atoms with Crippen LogP contribution in [0.5, 0.6) is 5.75 Å². The number of anilines is 1. The Morgan fingerprint density at radius 3 is 2.68 bits per heavy atom. The van der Waals surface area contributed by atoms with Crippen LogP contribution in [0.2, 0.25) is 0 Å². The van der Waals surface area contributed by atoms with Crippen molar-refractivity contribution in [2.24, 2.45) is 7.05 Å². The van der Waals surface area contributed by atoms with Crippen LogP contribution in [0.1, 0.15) is 17.0 Å². The standard InChI is InChI=1S/C20H21FN4O2S/c1-13-4-8-16(9-5-13)27-11-18-23-24-20(25(18)3)28-12-19(26)22-17-10-15(21)7-6-14(17)2/h4-10H,11-12H2,1-3H3,(H,22,26). The summed E-state index contributed by atoms with van der Waals surface area (Å²) >= 11 is 1.26. The predicted molar refractivity (Wildman–Crippen MR) is 107 cm³/mol. The third-order valence-corrected chi connectivity index (χ3v) is 5.14. The van der Waals surface area contributed by atoms with Gasteiger partial charge in [-0.3, -0.25) is 4.79 Å². The Morgan fingerprint density at radius 2 is 1.93 bits per heavy atom. The van der Waals surface area contributed by atoms with E-state index in [1.165, 1.54) is 23.9 Å². The maximum atomic E-state index is 13.3. The number of aryl methyl sites for hydroxylation is 2. The van der Waals surface area contributed by atoms with Crippen molar-refractivity contribution in [3.8, 4) is 5.75 Å². The first-order chi connectivity index (χ1) is 13.4. The summed E-state index contributed by atoms with van der Waals surface area (Å²) in [5, 5.41) is 11.6. The zero-order valence-corrected chi connectivity index (χ0v) is 16.7. The smallest absolute Gasteiger partial charge is 0.234 e. The minimum atomic E-state index is -0.389. The monoisotopic (exact) mass is 400 g/mol. The summed E-state index contributed by atoms with van der Waals surface area (Å²) in [7, 11) is 1.82. The molecule has 0 radical (unpaired) electrons. The van der Waals surface area contributed by atoms with Gasteiger partial charge in [0, 0.05) is 12.7 Å². The normalized spacial score (nSPS) is 10.7. The van der Waals surface area contributed by atoms with E-state index in [0.717, 1.165) is 16.9 Å². The molecule has 3 rings (SSSR count). The Morgan fingerprint density at radius 1 is 1.18 bits per heavy atom. The van der Waals surface area contributed by atoms with Gasteiger partial charge in [-0.05, 0) is 43.7 Å². The second kappa shape index (κ2) is 8.88. The SMILES string of the molecule is Cc1ccc(OCc2nnc(SCC(=O)Nc3cc(F)ccc3C)n2C)cc1. The van der Waals surface area contributed by atoms with E-state index in [-0.39, 0.29) is 24.1 Å². The maximum absolute atomic E-state index is 13.3. The molecule has 0 aliphatic heterocycles. The average Bonchev–Trinajstić information content (AvgIpc) is 3.02. The topological polar surface area (TPSA) is 69.0 Å². The van der Waals surface area contributed by atoms with Crippen LogP contribution < -0.4 is 10.1 Å². The number of benzene rings is 2. The quantitative estimate of drug-likeness (QED) is 0.610. The molecule has 0 atom stereocenters. The fourth-order valence-corrected chi connectivity index (χ4v) is 3.15. The highest BCUT2D eigenvalue weighted by Crippen LogP contribution is 2.20. The van der Waals surface area contributed by atoms with Gasteiger partial charge in [0.05, 0.1) is 5.75 Å². The molecular formula is C20H21FN4O2S. The van der Waals surface area contributed by atoms with Crippen molar-refractivity contribution < 1.29 is 13.9 Å². The number of hydrogen-bond donors (Lipinski definition) is 1. The van der Waals surface area contributed by atoms with Crippen LogP contribution >= 0.6 is 11.8 Å². The lowest BCUT2D eigenvalue weighted by Gasteiger charge is -2.09. The van der Waals surface area contributed by atoms with Gasteiger partial charge in [0.15, 0.2) is 11.0 Å². The number of halogens is 1. The van der Waals surface area contributed by atoms with Gasteiger partial charge in [0.25, 0.3) is 0 Å². The van der Waals surface area contributed by atoms with E-state index in [0.29, 0.717) is 16.7 Å². The minimum absolute atomic E-state index is 0.140. The van der Waals surface area contributed by atoms with E-state index in [2.05, 4.69) is 15.5 Å². The molecule has 3 aromatic rings. The van der Waals surface area contributed by atoms with Gasteiger partial charge in [0.2, 0.25) is 5.91 Å². The molecule has 8 heteroatoms. The molecule has 0 bridgehead atoms. The van der Waals surface area contributed by atoms with Gasteiger partial charge in [-0.1, -0.05) is 35.5 Å². The Labute approximate surface area is 167 Å². The number of aromatic nitrogens is 3. The summed E-state index contributed by atoms with van der Waals surface area (Å²) in [6, 6.07) is 12.1. The number of amides is 1. The molecule has 1 aromatic heterocycles. The van der Waals surface area contributed by atoms with Gasteiger partial charge in [0.1, 0.15) is 18.2 Å². The fraction of sp³-hybridized carbons (Fsp3) is 0.250. The Hall–Kier alpha value is -2.87. The van der Waals surface area contributed by atoms with Gasteiger partial charge in [-0.2, -0.15) is 0 Å². The second-order valence-corrected chi connectivity index (χ2v) is 7.30. The van der Waals surface area contributed by atoms with E-state index >= 15 is 0 Å². The molecule has 0 aliphatic carbocycles. The summed E-state index contributed by atoms with van der Waals surface area (Å²) < 4.78 is 20.8. The highest BCUT2D eigenvalue weighted by atomic mass is 32.2. The number of nitrogens with one attached hydrogen (secondary N) is 1. The van der Waals surface area contributed by atoms with E-state index in [1.54, 1.807) is 10.6 Å². The molecule has 146 valence electrons. The van der Waals surface area contributed by atoms with Crippen LogP contribution in [-0.4, -0.2) is 26.4 Å². The molecule has 1 N–H and O–H groups in total. The van der Waals surface area contributed by atoms with Crippen LogP contribution in [0, 0.1) is 19.7 Å². The number of nitrogens with zero attached hydrogens (tertiary/aromatic N) is 3. The summed E-state index contributed by atoms with van der Waals surface area (Å²) in [6.07, 6.45) is 0. The van der Waals surface area contributed by atoms with E-state index < -0.39 is 0 Å². The molecule has 0 spiro atoms. The zero-order chi connectivity index (χ0) is 20.1. The molecule has 0 fully saturated rings. The van der Waals surface area contributed by atoms with Crippen LogP contribution in [-0.2, 0) is 18.4 Å². The van der Waals surface area contributed by atoms with Crippen LogP contribution in [0.25, 0.3) is 0 Å². The average molecular weight is 400 g/mol. The van der Waals surface area contributed by atoms with E-state index in [9.17, 15) is 9.18 Å². The number of carbonyl (C=O) groups is 1. The first kappa shape index (κ1) is 19.9. The Kier molecular flexibility index (Phi) is 6.30. The molecule has 1 heterocycles. The van der Waals surface area contributed by atoms with Crippen molar-refractivity contribution in [3.63, 3.8) is 0 Å². The highest BCUT2D eigenvalue weighted by molar-refractivity contribution is 7.99. The van der Waals surface area contributed by atoms with Gasteiger partial charge in [-0.25, -0.2) is 4.39 Å². The fourth-order valence-electron chi connectivity index (χ4n) is 2.42. The summed E-state index contributed by atoms with van der Waals surface area (Å²) in [6.45, 7) is 4.11. The van der Waals surface area contributed by atoms with Crippen LogP contribution in [0.15, 0.2) is 47.6 Å². The summed E-state index contributed by atoms with van der Waals surface area (Å²) in [5.74, 6) is 0.928. The highest BCUT2D eigenvalue weighted by Gasteiger charge is 2.13. The van der Waals surface area contributed by atoms with Gasteiger partial charge >= 0.3 is 0 Å². The van der Waals surface area contributed by atoms with Crippen molar-refractivity contribution in [2.75, 3.05) is 11.1 Å². The number of hydrogen-bond acceptors (Lipinski definition) is 5. The minimum Gasteiger partial charge on any atom is -0.486 e. The predicted octanol–water partition coefficient (Wildman–Crippen LogP) is 3.88.